The third-order valence-corrected chi connectivity index (χ3v) is 7.24. The standard InChI is InChI=1S/C21H21N3O6S2/c1-22-31(26,27)17-6-5-7-18(14-17)32(28,29)24-16-12-10-15(11-13-16)21(25)23-19-8-3-4-9-20(19)30-2/h3-14,22,24H,1-2H3,(H,23,25). The molecule has 3 aromatic rings. The van der Waals surface area contributed by atoms with Crippen LogP contribution >= 0.6 is 0 Å². The van der Waals surface area contributed by atoms with Gasteiger partial charge in [0.2, 0.25) is 10.0 Å². The number of hydrogen-bond donors (Lipinski definition) is 3. The first-order chi connectivity index (χ1) is 15.2. The molecule has 0 atom stereocenters. The molecule has 3 rings (SSSR count). The highest BCUT2D eigenvalue weighted by Gasteiger charge is 2.19. The Morgan fingerprint density at radius 1 is 0.812 bits per heavy atom. The molecule has 0 aromatic heterocycles. The maximum absolute atomic E-state index is 12.7. The zero-order chi connectivity index (χ0) is 23.4. The normalized spacial score (nSPS) is 11.6. The summed E-state index contributed by atoms with van der Waals surface area (Å²) >= 11 is 0. The second-order valence-corrected chi connectivity index (χ2v) is 10.1. The quantitative estimate of drug-likeness (QED) is 0.459. The fourth-order valence-electron chi connectivity index (χ4n) is 2.77. The van der Waals surface area contributed by atoms with Crippen LogP contribution in [0.3, 0.4) is 0 Å². The van der Waals surface area contributed by atoms with Crippen molar-refractivity contribution >= 4 is 37.3 Å². The molecule has 32 heavy (non-hydrogen) atoms. The highest BCUT2D eigenvalue weighted by atomic mass is 32.2. The van der Waals surface area contributed by atoms with Gasteiger partial charge in [0.25, 0.3) is 15.9 Å². The molecule has 0 bridgehead atoms. The third-order valence-electron chi connectivity index (χ3n) is 4.45. The Morgan fingerprint density at radius 3 is 2.06 bits per heavy atom. The molecule has 0 saturated heterocycles. The summed E-state index contributed by atoms with van der Waals surface area (Å²) in [6.07, 6.45) is 0. The summed E-state index contributed by atoms with van der Waals surface area (Å²) in [7, 11) is -5.12. The van der Waals surface area contributed by atoms with Gasteiger partial charge in [0, 0.05) is 11.3 Å². The topological polar surface area (TPSA) is 131 Å². The third kappa shape index (κ3) is 5.25. The molecule has 1 amide bonds. The van der Waals surface area contributed by atoms with Gasteiger partial charge in [-0.1, -0.05) is 18.2 Å². The average Bonchev–Trinajstić information content (AvgIpc) is 2.79. The highest BCUT2D eigenvalue weighted by Crippen LogP contribution is 2.24. The minimum atomic E-state index is -4.05. The first-order valence-electron chi connectivity index (χ1n) is 9.27. The summed E-state index contributed by atoms with van der Waals surface area (Å²) < 4.78 is 58.9. The molecule has 3 N–H and O–H groups in total. The SMILES string of the molecule is CNS(=O)(=O)c1cccc(S(=O)(=O)Nc2ccc(C(=O)Nc3ccccc3OC)cc2)c1. The van der Waals surface area contributed by atoms with Crippen LogP contribution in [0.4, 0.5) is 11.4 Å². The van der Waals surface area contributed by atoms with Gasteiger partial charge in [-0.25, -0.2) is 21.6 Å². The molecule has 0 heterocycles. The van der Waals surface area contributed by atoms with Crippen LogP contribution in [0.25, 0.3) is 0 Å². The number of methoxy groups -OCH3 is 1. The number of ether oxygens (including phenoxy) is 1. The Morgan fingerprint density at radius 2 is 1.44 bits per heavy atom. The molecule has 0 aliphatic heterocycles. The van der Waals surface area contributed by atoms with E-state index >= 15 is 0 Å². The Hall–Kier alpha value is -3.41. The number of rotatable bonds is 8. The minimum Gasteiger partial charge on any atom is -0.495 e. The van der Waals surface area contributed by atoms with Crippen LogP contribution < -0.4 is 19.5 Å². The van der Waals surface area contributed by atoms with Crippen molar-refractivity contribution in [2.45, 2.75) is 9.79 Å². The molecule has 0 saturated carbocycles. The van der Waals surface area contributed by atoms with E-state index in [-0.39, 0.29) is 15.5 Å². The van der Waals surface area contributed by atoms with Gasteiger partial charge in [-0.2, -0.15) is 0 Å². The Labute approximate surface area is 186 Å². The lowest BCUT2D eigenvalue weighted by Gasteiger charge is -2.11. The van der Waals surface area contributed by atoms with Gasteiger partial charge >= 0.3 is 0 Å². The van der Waals surface area contributed by atoms with Crippen LogP contribution in [0.5, 0.6) is 5.75 Å². The number of carbonyl (C=O) groups is 1. The monoisotopic (exact) mass is 475 g/mol. The molecule has 0 radical (unpaired) electrons. The summed E-state index contributed by atoms with van der Waals surface area (Å²) in [4.78, 5) is 12.1. The Balaban J connectivity index is 1.77. The molecule has 9 nitrogen and oxygen atoms in total. The summed E-state index contributed by atoms with van der Waals surface area (Å²) in [6.45, 7) is 0. The van der Waals surface area contributed by atoms with Crippen LogP contribution in [0.2, 0.25) is 0 Å². The molecule has 0 aliphatic rings. The maximum atomic E-state index is 12.7. The fraction of sp³-hybridized carbons (Fsp3) is 0.0952. The van der Waals surface area contributed by atoms with Gasteiger partial charge in [0.1, 0.15) is 5.75 Å². The number of para-hydroxylation sites is 2. The zero-order valence-corrected chi connectivity index (χ0v) is 18.8. The molecular weight excluding hydrogens is 454 g/mol. The first-order valence-corrected chi connectivity index (χ1v) is 12.2. The van der Waals surface area contributed by atoms with Crippen LogP contribution in [-0.4, -0.2) is 36.9 Å². The van der Waals surface area contributed by atoms with Crippen molar-refractivity contribution in [2.24, 2.45) is 0 Å². The van der Waals surface area contributed by atoms with Crippen molar-refractivity contribution in [3.63, 3.8) is 0 Å². The van der Waals surface area contributed by atoms with Crippen molar-refractivity contribution in [2.75, 3.05) is 24.2 Å². The number of carbonyl (C=O) groups excluding carboxylic acids is 1. The van der Waals surface area contributed by atoms with Crippen LogP contribution in [0.1, 0.15) is 10.4 Å². The number of benzene rings is 3. The number of anilines is 2. The van der Waals surface area contributed by atoms with Crippen molar-refractivity contribution in [3.05, 3.63) is 78.4 Å². The highest BCUT2D eigenvalue weighted by molar-refractivity contribution is 7.93. The van der Waals surface area contributed by atoms with Gasteiger partial charge in [0.15, 0.2) is 0 Å². The average molecular weight is 476 g/mol. The van der Waals surface area contributed by atoms with Gasteiger partial charge in [-0.3, -0.25) is 9.52 Å². The lowest BCUT2D eigenvalue weighted by Crippen LogP contribution is -2.19. The molecule has 0 spiro atoms. The number of amides is 1. The molecular formula is C21H21N3O6S2. The van der Waals surface area contributed by atoms with E-state index in [1.807, 2.05) is 0 Å². The number of sulfonamides is 2. The van der Waals surface area contributed by atoms with Gasteiger partial charge in [-0.15, -0.1) is 0 Å². The minimum absolute atomic E-state index is 0.175. The van der Waals surface area contributed by atoms with E-state index in [4.69, 9.17) is 4.74 Å². The van der Waals surface area contributed by atoms with E-state index in [0.717, 1.165) is 6.07 Å². The summed E-state index contributed by atoms with van der Waals surface area (Å²) in [5.74, 6) is 0.113. The predicted molar refractivity (Wildman–Crippen MR) is 121 cm³/mol. The smallest absolute Gasteiger partial charge is 0.261 e. The predicted octanol–water partition coefficient (Wildman–Crippen LogP) is 2.66. The first kappa shape index (κ1) is 23.3. The molecule has 3 aromatic carbocycles. The van der Waals surface area contributed by atoms with E-state index in [9.17, 15) is 21.6 Å². The lowest BCUT2D eigenvalue weighted by atomic mass is 10.2. The number of hydrogen-bond acceptors (Lipinski definition) is 6. The van der Waals surface area contributed by atoms with Crippen LogP contribution in [0.15, 0.2) is 82.6 Å². The van der Waals surface area contributed by atoms with Crippen LogP contribution in [0, 0.1) is 0 Å². The number of nitrogens with one attached hydrogen (secondary N) is 3. The molecule has 0 unspecified atom stereocenters. The van der Waals surface area contributed by atoms with Gasteiger partial charge < -0.3 is 10.1 Å². The van der Waals surface area contributed by atoms with Crippen LogP contribution in [-0.2, 0) is 20.0 Å². The van der Waals surface area contributed by atoms with Crippen molar-refractivity contribution in [1.82, 2.24) is 4.72 Å². The summed E-state index contributed by atoms with van der Waals surface area (Å²) in [5, 5.41) is 2.73. The van der Waals surface area contributed by atoms with E-state index in [2.05, 4.69) is 14.8 Å². The van der Waals surface area contributed by atoms with Crippen molar-refractivity contribution in [1.29, 1.82) is 0 Å². The van der Waals surface area contributed by atoms with E-state index in [1.54, 1.807) is 24.3 Å². The van der Waals surface area contributed by atoms with Gasteiger partial charge in [0.05, 0.1) is 22.6 Å². The lowest BCUT2D eigenvalue weighted by molar-refractivity contribution is 0.102. The summed E-state index contributed by atoms with van der Waals surface area (Å²) in [5.41, 5.74) is 1.02. The fourth-order valence-corrected chi connectivity index (χ4v) is 4.73. The van der Waals surface area contributed by atoms with Gasteiger partial charge in [-0.05, 0) is 61.6 Å². The van der Waals surface area contributed by atoms with E-state index in [0.29, 0.717) is 17.0 Å². The largest absolute Gasteiger partial charge is 0.495 e. The summed E-state index contributed by atoms with van der Waals surface area (Å²) in [6, 6.07) is 17.7. The Bertz CT molecular complexity index is 1340. The molecule has 0 fully saturated rings. The Kier molecular flexibility index (Phi) is 6.82. The second-order valence-electron chi connectivity index (χ2n) is 6.52. The van der Waals surface area contributed by atoms with Crippen molar-refractivity contribution < 1.29 is 26.4 Å². The zero-order valence-electron chi connectivity index (χ0n) is 17.2. The maximum Gasteiger partial charge on any atom is 0.261 e. The van der Waals surface area contributed by atoms with E-state index < -0.39 is 26.0 Å². The molecule has 11 heteroatoms. The van der Waals surface area contributed by atoms with Crippen molar-refractivity contribution in [3.8, 4) is 5.75 Å². The second kappa shape index (κ2) is 9.39. The molecule has 0 aliphatic carbocycles. The molecule has 168 valence electrons. The van der Waals surface area contributed by atoms with E-state index in [1.165, 1.54) is 56.6 Å².